The molecule has 1 aromatic carbocycles. The number of ether oxygens (including phenoxy) is 3. The Hall–Kier alpha value is -2.21. The van der Waals surface area contributed by atoms with Gasteiger partial charge in [0.15, 0.2) is 5.78 Å². The van der Waals surface area contributed by atoms with E-state index >= 15 is 0 Å². The molecule has 6 heteroatoms. The molecule has 1 aliphatic rings. The van der Waals surface area contributed by atoms with Gasteiger partial charge in [-0.1, -0.05) is 30.3 Å². The van der Waals surface area contributed by atoms with Gasteiger partial charge in [-0.05, 0) is 5.56 Å². The lowest BCUT2D eigenvalue weighted by atomic mass is 10.0. The molecule has 0 N–H and O–H groups in total. The highest BCUT2D eigenvalue weighted by molar-refractivity contribution is 6.15. The SMILES string of the molecule is CC1(C)OC(=O)C(C(=O)CCOCc2ccccc2)C(=O)O1. The Kier molecular flexibility index (Phi) is 4.92. The van der Waals surface area contributed by atoms with E-state index in [0.29, 0.717) is 6.61 Å². The van der Waals surface area contributed by atoms with Crippen LogP contribution in [0.3, 0.4) is 0 Å². The van der Waals surface area contributed by atoms with Gasteiger partial charge in [-0.2, -0.15) is 0 Å². The minimum atomic E-state index is -1.51. The molecule has 6 nitrogen and oxygen atoms in total. The molecule has 1 aromatic rings. The second kappa shape index (κ2) is 6.70. The van der Waals surface area contributed by atoms with Gasteiger partial charge in [0.05, 0.1) is 13.2 Å². The molecule has 1 saturated heterocycles. The summed E-state index contributed by atoms with van der Waals surface area (Å²) >= 11 is 0. The number of ketones is 1. The number of rotatable bonds is 6. The van der Waals surface area contributed by atoms with Gasteiger partial charge in [0, 0.05) is 20.3 Å². The highest BCUT2D eigenvalue weighted by Gasteiger charge is 2.46. The first-order chi connectivity index (χ1) is 10.4. The number of cyclic esters (lactones) is 2. The van der Waals surface area contributed by atoms with Crippen LogP contribution in [0.1, 0.15) is 25.8 Å². The lowest BCUT2D eigenvalue weighted by molar-refractivity contribution is -0.238. The van der Waals surface area contributed by atoms with Crippen LogP contribution < -0.4 is 0 Å². The largest absolute Gasteiger partial charge is 0.422 e. The molecule has 0 bridgehead atoms. The number of carbonyl (C=O) groups is 3. The molecule has 0 amide bonds. The molecule has 0 aromatic heterocycles. The van der Waals surface area contributed by atoms with E-state index in [1.165, 1.54) is 13.8 Å². The zero-order chi connectivity index (χ0) is 16.2. The maximum absolute atomic E-state index is 12.0. The average Bonchev–Trinajstić information content (AvgIpc) is 2.42. The van der Waals surface area contributed by atoms with Crippen LogP contribution in [0, 0.1) is 5.92 Å². The lowest BCUT2D eigenvalue weighted by Gasteiger charge is -2.32. The topological polar surface area (TPSA) is 78.9 Å². The maximum Gasteiger partial charge on any atom is 0.331 e. The summed E-state index contributed by atoms with van der Waals surface area (Å²) in [5, 5.41) is 0. The molecule has 118 valence electrons. The fourth-order valence-electron chi connectivity index (χ4n) is 2.06. The van der Waals surface area contributed by atoms with Gasteiger partial charge >= 0.3 is 11.9 Å². The van der Waals surface area contributed by atoms with Gasteiger partial charge < -0.3 is 14.2 Å². The molecular formula is C16H18O6. The van der Waals surface area contributed by atoms with E-state index in [0.717, 1.165) is 5.56 Å². The Labute approximate surface area is 128 Å². The molecule has 0 saturated carbocycles. The Morgan fingerprint density at radius 2 is 1.73 bits per heavy atom. The van der Waals surface area contributed by atoms with Gasteiger partial charge in [0.2, 0.25) is 5.92 Å². The third-order valence-corrected chi connectivity index (χ3v) is 3.09. The summed E-state index contributed by atoms with van der Waals surface area (Å²) in [6.45, 7) is 3.35. The van der Waals surface area contributed by atoms with E-state index < -0.39 is 29.4 Å². The molecule has 2 rings (SSSR count). The van der Waals surface area contributed by atoms with Crippen LogP contribution in [0.4, 0.5) is 0 Å². The number of Topliss-reactive ketones (excluding diaryl/α,β-unsaturated/α-hetero) is 1. The van der Waals surface area contributed by atoms with Crippen LogP contribution in [0.5, 0.6) is 0 Å². The van der Waals surface area contributed by atoms with E-state index in [4.69, 9.17) is 14.2 Å². The molecule has 22 heavy (non-hydrogen) atoms. The summed E-state index contributed by atoms with van der Waals surface area (Å²) in [4.78, 5) is 35.4. The van der Waals surface area contributed by atoms with Crippen molar-refractivity contribution in [1.29, 1.82) is 0 Å². The van der Waals surface area contributed by atoms with Crippen LogP contribution in [0.25, 0.3) is 0 Å². The summed E-state index contributed by atoms with van der Waals surface area (Å²) in [6.07, 6.45) is -0.0534. The summed E-state index contributed by atoms with van der Waals surface area (Å²) < 4.78 is 15.2. The first kappa shape index (κ1) is 16.2. The smallest absolute Gasteiger partial charge is 0.331 e. The van der Waals surface area contributed by atoms with Crippen LogP contribution in [-0.2, 0) is 35.2 Å². The lowest BCUT2D eigenvalue weighted by Crippen LogP contribution is -2.49. The molecule has 1 fully saturated rings. The van der Waals surface area contributed by atoms with Crippen LogP contribution in [-0.4, -0.2) is 30.1 Å². The van der Waals surface area contributed by atoms with E-state index in [1.54, 1.807) is 0 Å². The van der Waals surface area contributed by atoms with Crippen molar-refractivity contribution in [2.75, 3.05) is 6.61 Å². The maximum atomic E-state index is 12.0. The van der Waals surface area contributed by atoms with E-state index in [1.807, 2.05) is 30.3 Å². The van der Waals surface area contributed by atoms with Crippen molar-refractivity contribution in [3.8, 4) is 0 Å². The zero-order valence-corrected chi connectivity index (χ0v) is 12.5. The monoisotopic (exact) mass is 306 g/mol. The van der Waals surface area contributed by atoms with Gasteiger partial charge in [-0.15, -0.1) is 0 Å². The van der Waals surface area contributed by atoms with Crippen LogP contribution in [0.2, 0.25) is 0 Å². The highest BCUT2D eigenvalue weighted by atomic mass is 16.7. The van der Waals surface area contributed by atoms with Gasteiger partial charge in [-0.25, -0.2) is 0 Å². The van der Waals surface area contributed by atoms with Crippen molar-refractivity contribution in [3.63, 3.8) is 0 Å². The molecule has 1 heterocycles. The molecular weight excluding hydrogens is 288 g/mol. The number of hydrogen-bond donors (Lipinski definition) is 0. The quantitative estimate of drug-likeness (QED) is 0.451. The highest BCUT2D eigenvalue weighted by Crippen LogP contribution is 2.24. The summed E-state index contributed by atoms with van der Waals surface area (Å²) in [5.74, 6) is -5.12. The summed E-state index contributed by atoms with van der Waals surface area (Å²) in [5.41, 5.74) is 0.980. The minimum Gasteiger partial charge on any atom is -0.422 e. The van der Waals surface area contributed by atoms with Gasteiger partial charge in [0.1, 0.15) is 0 Å². The average molecular weight is 306 g/mol. The number of carbonyl (C=O) groups excluding carboxylic acids is 3. The van der Waals surface area contributed by atoms with Crippen molar-refractivity contribution in [1.82, 2.24) is 0 Å². The van der Waals surface area contributed by atoms with E-state index in [2.05, 4.69) is 0 Å². The molecule has 0 atom stereocenters. The summed E-state index contributed by atoms with van der Waals surface area (Å²) in [7, 11) is 0. The van der Waals surface area contributed by atoms with Crippen LogP contribution in [0.15, 0.2) is 30.3 Å². The molecule has 0 aliphatic carbocycles. The number of hydrogen-bond acceptors (Lipinski definition) is 6. The molecule has 0 unspecified atom stereocenters. The number of esters is 2. The second-order valence-electron chi connectivity index (χ2n) is 5.43. The fraction of sp³-hybridized carbons (Fsp3) is 0.438. The third-order valence-electron chi connectivity index (χ3n) is 3.09. The van der Waals surface area contributed by atoms with E-state index in [9.17, 15) is 14.4 Å². The predicted octanol–water partition coefficient (Wildman–Crippen LogP) is 1.61. The van der Waals surface area contributed by atoms with Gasteiger partial charge in [0.25, 0.3) is 5.79 Å². The Bertz CT molecular complexity index is 543. The van der Waals surface area contributed by atoms with Crippen molar-refractivity contribution < 1.29 is 28.6 Å². The first-order valence-electron chi connectivity index (χ1n) is 6.99. The van der Waals surface area contributed by atoms with Crippen molar-refractivity contribution >= 4 is 17.7 Å². The van der Waals surface area contributed by atoms with Crippen molar-refractivity contribution in [2.45, 2.75) is 32.7 Å². The normalized spacial score (nSPS) is 17.7. The van der Waals surface area contributed by atoms with Gasteiger partial charge in [-0.3, -0.25) is 14.4 Å². The Morgan fingerprint density at radius 1 is 1.14 bits per heavy atom. The third kappa shape index (κ3) is 4.14. The number of benzene rings is 1. The Morgan fingerprint density at radius 3 is 2.32 bits per heavy atom. The molecule has 0 spiro atoms. The first-order valence-corrected chi connectivity index (χ1v) is 6.99. The second-order valence-corrected chi connectivity index (χ2v) is 5.43. The standard InChI is InChI=1S/C16H18O6/c1-16(2)21-14(18)13(15(19)22-16)12(17)8-9-20-10-11-6-4-3-5-7-11/h3-7,13H,8-10H2,1-2H3. The predicted molar refractivity (Wildman–Crippen MR) is 75.5 cm³/mol. The Balaban J connectivity index is 1.80. The fourth-order valence-corrected chi connectivity index (χ4v) is 2.06. The van der Waals surface area contributed by atoms with Crippen LogP contribution >= 0.6 is 0 Å². The van der Waals surface area contributed by atoms with Crippen molar-refractivity contribution in [2.24, 2.45) is 5.92 Å². The zero-order valence-electron chi connectivity index (χ0n) is 12.5. The molecule has 0 radical (unpaired) electrons. The molecule has 1 aliphatic heterocycles. The minimum absolute atomic E-state index is 0.0534. The van der Waals surface area contributed by atoms with Crippen molar-refractivity contribution in [3.05, 3.63) is 35.9 Å². The van der Waals surface area contributed by atoms with E-state index in [-0.39, 0.29) is 13.0 Å². The summed E-state index contributed by atoms with van der Waals surface area (Å²) in [6, 6.07) is 9.48.